The van der Waals surface area contributed by atoms with E-state index in [9.17, 15) is 14.0 Å². The smallest absolute Gasteiger partial charge is 0.253 e. The highest BCUT2D eigenvalue weighted by atomic mass is 35.5. The number of hydrogen-bond acceptors (Lipinski definition) is 6. The largest absolute Gasteiger partial charge is 0.350 e. The second-order valence-electron chi connectivity index (χ2n) is 9.20. The van der Waals surface area contributed by atoms with Crippen molar-refractivity contribution in [1.29, 1.82) is 0 Å². The molecule has 0 radical (unpaired) electrons. The van der Waals surface area contributed by atoms with Crippen molar-refractivity contribution in [2.24, 2.45) is 0 Å². The number of nitrogens with zero attached hydrogens (tertiary/aromatic N) is 3. The van der Waals surface area contributed by atoms with Gasteiger partial charge in [-0.15, -0.1) is 0 Å². The number of thiocarbonyl (C=S) groups is 1. The fourth-order valence-electron chi connectivity index (χ4n) is 4.71. The van der Waals surface area contributed by atoms with Gasteiger partial charge in [-0.05, 0) is 72.4 Å². The van der Waals surface area contributed by atoms with E-state index < -0.39 is 18.0 Å². The number of pyridine rings is 2. The molecule has 0 spiro atoms. The fraction of sp³-hybridized carbons (Fsp3) is 0.269. The summed E-state index contributed by atoms with van der Waals surface area (Å²) in [6, 6.07) is 7.23. The summed E-state index contributed by atoms with van der Waals surface area (Å²) in [6.45, 7) is 0.592. The summed E-state index contributed by atoms with van der Waals surface area (Å²) in [7, 11) is 1.70. The van der Waals surface area contributed by atoms with Crippen LogP contribution in [-0.4, -0.2) is 51.4 Å². The average Bonchev–Trinajstić information content (AvgIpc) is 3.13. The Morgan fingerprint density at radius 1 is 1.13 bits per heavy atom. The molecule has 4 N–H and O–H groups in total. The lowest BCUT2D eigenvalue weighted by Crippen LogP contribution is -2.41. The van der Waals surface area contributed by atoms with E-state index in [-0.39, 0.29) is 33.2 Å². The van der Waals surface area contributed by atoms with Gasteiger partial charge in [0, 0.05) is 37.7 Å². The average molecular weight is 554 g/mol. The Morgan fingerprint density at radius 3 is 2.66 bits per heavy atom. The molecule has 2 amide bonds. The predicted octanol–water partition coefficient (Wildman–Crippen LogP) is 2.91. The second-order valence-corrected chi connectivity index (χ2v) is 10.0. The van der Waals surface area contributed by atoms with Crippen LogP contribution in [0.5, 0.6) is 0 Å². The third-order valence-electron chi connectivity index (χ3n) is 6.75. The topological polar surface area (TPSA) is 111 Å². The number of amides is 2. The van der Waals surface area contributed by atoms with Crippen LogP contribution in [-0.2, 0) is 17.6 Å². The number of nitrogens with one attached hydrogen (secondary N) is 4. The van der Waals surface area contributed by atoms with Gasteiger partial charge in [0.15, 0.2) is 10.9 Å². The maximum Gasteiger partial charge on any atom is 0.253 e. The highest BCUT2D eigenvalue weighted by Crippen LogP contribution is 2.32. The van der Waals surface area contributed by atoms with E-state index in [0.29, 0.717) is 13.0 Å². The van der Waals surface area contributed by atoms with Gasteiger partial charge in [-0.25, -0.2) is 9.37 Å². The number of likely N-dealkylation sites (tertiary alicyclic amines) is 1. The van der Waals surface area contributed by atoms with Crippen LogP contribution in [0.3, 0.4) is 0 Å². The summed E-state index contributed by atoms with van der Waals surface area (Å²) in [4.78, 5) is 34.7. The molecule has 1 fully saturated rings. The van der Waals surface area contributed by atoms with Gasteiger partial charge in [-0.3, -0.25) is 25.4 Å². The number of halogens is 2. The Labute approximate surface area is 229 Å². The zero-order valence-electron chi connectivity index (χ0n) is 20.4. The molecule has 0 saturated carbocycles. The monoisotopic (exact) mass is 553 g/mol. The standard InChI is InChI=1S/C26H25ClFN7O2S/c1-35-9-7-21(25(35)37)31-24(36)16-10-20(27)23(30-12-16)33-34-26(38)32-22-18-11-17(28)5-4-14(18)2-3-15-6-8-29-13-19(15)22/h4-6,8,10-13,21-22H,2-3,7,9H2,1H3,(H,30,33)(H,31,36)(H2,32,34,38). The summed E-state index contributed by atoms with van der Waals surface area (Å²) < 4.78 is 14.2. The lowest BCUT2D eigenvalue weighted by Gasteiger charge is -2.23. The van der Waals surface area contributed by atoms with Crippen LogP contribution >= 0.6 is 23.8 Å². The SMILES string of the molecule is CN1CCC(NC(=O)c2cnc(NNC(=S)NC3c4cnccc4CCc4ccc(F)cc43)c(Cl)c2)C1=O. The Bertz CT molecular complexity index is 1420. The van der Waals surface area contributed by atoms with Gasteiger partial charge in [-0.1, -0.05) is 17.7 Å². The molecule has 5 rings (SSSR count). The molecular formula is C26H25ClFN7O2S. The van der Waals surface area contributed by atoms with Crippen LogP contribution in [0.4, 0.5) is 10.2 Å². The van der Waals surface area contributed by atoms with E-state index in [4.69, 9.17) is 23.8 Å². The number of likely N-dealkylation sites (N-methyl/N-ethyl adjacent to an activating group) is 1. The van der Waals surface area contributed by atoms with Crippen LogP contribution in [0.1, 0.15) is 45.1 Å². The van der Waals surface area contributed by atoms with Crippen molar-refractivity contribution in [2.75, 3.05) is 19.0 Å². The normalized spacial score (nSPS) is 18.2. The molecule has 3 aromatic rings. The van der Waals surface area contributed by atoms with Crippen molar-refractivity contribution >= 4 is 46.6 Å². The molecule has 12 heteroatoms. The van der Waals surface area contributed by atoms with Gasteiger partial charge in [-0.2, -0.15) is 0 Å². The Balaban J connectivity index is 1.26. The third kappa shape index (κ3) is 5.39. The summed E-state index contributed by atoms with van der Waals surface area (Å²) in [5.41, 5.74) is 9.78. The van der Waals surface area contributed by atoms with Crippen molar-refractivity contribution in [1.82, 2.24) is 30.9 Å². The molecule has 2 aromatic heterocycles. The molecular weight excluding hydrogens is 529 g/mol. The number of anilines is 1. The number of aryl methyl sites for hydroxylation is 2. The molecule has 1 aliphatic carbocycles. The van der Waals surface area contributed by atoms with Crippen LogP contribution in [0.25, 0.3) is 0 Å². The Morgan fingerprint density at radius 2 is 1.92 bits per heavy atom. The molecule has 2 atom stereocenters. The molecule has 196 valence electrons. The van der Waals surface area contributed by atoms with Crippen molar-refractivity contribution in [3.63, 3.8) is 0 Å². The number of hydrogen-bond donors (Lipinski definition) is 4. The molecule has 2 unspecified atom stereocenters. The van der Waals surface area contributed by atoms with Crippen molar-refractivity contribution in [2.45, 2.75) is 31.3 Å². The highest BCUT2D eigenvalue weighted by molar-refractivity contribution is 7.80. The van der Waals surface area contributed by atoms with Gasteiger partial charge >= 0.3 is 0 Å². The summed E-state index contributed by atoms with van der Waals surface area (Å²) in [5, 5.41) is 6.37. The van der Waals surface area contributed by atoms with E-state index in [2.05, 4.69) is 31.5 Å². The van der Waals surface area contributed by atoms with Gasteiger partial charge in [0.25, 0.3) is 5.91 Å². The fourth-order valence-corrected chi connectivity index (χ4v) is 5.10. The Kier molecular flexibility index (Phi) is 7.39. The van der Waals surface area contributed by atoms with Crippen LogP contribution < -0.4 is 21.5 Å². The second kappa shape index (κ2) is 10.9. The molecule has 1 aliphatic heterocycles. The van der Waals surface area contributed by atoms with Crippen LogP contribution in [0.15, 0.2) is 48.9 Å². The Hall–Kier alpha value is -3.83. The first-order valence-electron chi connectivity index (χ1n) is 12.0. The molecule has 3 heterocycles. The summed E-state index contributed by atoms with van der Waals surface area (Å²) in [6.07, 6.45) is 6.99. The van der Waals surface area contributed by atoms with Crippen molar-refractivity contribution < 1.29 is 14.0 Å². The number of benzene rings is 1. The van der Waals surface area contributed by atoms with E-state index in [0.717, 1.165) is 35.1 Å². The van der Waals surface area contributed by atoms with Gasteiger partial charge < -0.3 is 15.5 Å². The summed E-state index contributed by atoms with van der Waals surface area (Å²) in [5.74, 6) is -0.641. The number of carbonyl (C=O) groups excluding carboxylic acids is 2. The first kappa shape index (κ1) is 25.8. The van der Waals surface area contributed by atoms with Gasteiger partial charge in [0.2, 0.25) is 5.91 Å². The lowest BCUT2D eigenvalue weighted by atomic mass is 9.96. The van der Waals surface area contributed by atoms with Crippen molar-refractivity contribution in [3.05, 3.63) is 87.6 Å². The van der Waals surface area contributed by atoms with Crippen molar-refractivity contribution in [3.8, 4) is 0 Å². The first-order chi connectivity index (χ1) is 18.3. The van der Waals surface area contributed by atoms with E-state index in [1.54, 1.807) is 30.4 Å². The number of hydrazine groups is 1. The number of aromatic nitrogens is 2. The summed E-state index contributed by atoms with van der Waals surface area (Å²) >= 11 is 11.9. The zero-order chi connectivity index (χ0) is 26.8. The molecule has 0 bridgehead atoms. The quantitative estimate of drug-likeness (QED) is 0.282. The predicted molar refractivity (Wildman–Crippen MR) is 145 cm³/mol. The lowest BCUT2D eigenvalue weighted by molar-refractivity contribution is -0.128. The zero-order valence-corrected chi connectivity index (χ0v) is 22.0. The molecule has 1 aromatic carbocycles. The van der Waals surface area contributed by atoms with Crippen LogP contribution in [0, 0.1) is 5.82 Å². The van der Waals surface area contributed by atoms with E-state index >= 15 is 0 Å². The first-order valence-corrected chi connectivity index (χ1v) is 12.8. The van der Waals surface area contributed by atoms with Gasteiger partial charge in [0.05, 0.1) is 16.6 Å². The number of carbonyl (C=O) groups is 2. The molecule has 38 heavy (non-hydrogen) atoms. The third-order valence-corrected chi connectivity index (χ3v) is 7.25. The van der Waals surface area contributed by atoms with E-state index in [1.807, 2.05) is 6.07 Å². The maximum absolute atomic E-state index is 14.2. The molecule has 1 saturated heterocycles. The number of rotatable bonds is 5. The number of fused-ring (bicyclic) bond motifs is 2. The molecule has 9 nitrogen and oxygen atoms in total. The maximum atomic E-state index is 14.2. The van der Waals surface area contributed by atoms with Crippen LogP contribution in [0.2, 0.25) is 5.02 Å². The molecule has 2 aliphatic rings. The minimum Gasteiger partial charge on any atom is -0.350 e. The highest BCUT2D eigenvalue weighted by Gasteiger charge is 2.30. The van der Waals surface area contributed by atoms with Gasteiger partial charge in [0.1, 0.15) is 11.9 Å². The minimum atomic E-state index is -0.558. The minimum absolute atomic E-state index is 0.127. The van der Waals surface area contributed by atoms with E-state index in [1.165, 1.54) is 24.4 Å².